The first-order chi connectivity index (χ1) is 23.8. The van der Waals surface area contributed by atoms with Crippen molar-refractivity contribution in [3.8, 4) is 56.4 Å². The third kappa shape index (κ3) is 4.99. The second kappa shape index (κ2) is 11.7. The second-order valence-corrected chi connectivity index (χ2v) is 12.1. The summed E-state index contributed by atoms with van der Waals surface area (Å²) in [5.74, 6) is 1.93. The van der Waals surface area contributed by atoms with Crippen molar-refractivity contribution >= 4 is 32.3 Å². The maximum Gasteiger partial charge on any atom is 0.164 e. The standard InChI is InChI=1S/C45H29N3/c1-3-12-30(13-4-1)31-22-24-34(25-23-31)44-46-43(33-15-5-2-6-16-33)47-45(48-44)37-19-11-18-36(28-37)42-39-21-10-8-17-35(39)29-41-38-20-9-7-14-32(38)26-27-40(41)42/h1-29H. The van der Waals surface area contributed by atoms with E-state index in [4.69, 9.17) is 15.0 Å². The lowest BCUT2D eigenvalue weighted by molar-refractivity contribution is 1.07. The Morgan fingerprint density at radius 3 is 1.48 bits per heavy atom. The van der Waals surface area contributed by atoms with Gasteiger partial charge in [0.1, 0.15) is 0 Å². The fourth-order valence-corrected chi connectivity index (χ4v) is 6.74. The normalized spacial score (nSPS) is 11.3. The highest BCUT2D eigenvalue weighted by Crippen LogP contribution is 2.40. The summed E-state index contributed by atoms with van der Waals surface area (Å²) in [6.45, 7) is 0. The van der Waals surface area contributed by atoms with Crippen LogP contribution in [0.3, 0.4) is 0 Å². The summed E-state index contributed by atoms with van der Waals surface area (Å²) >= 11 is 0. The van der Waals surface area contributed by atoms with Crippen LogP contribution in [0.4, 0.5) is 0 Å². The Balaban J connectivity index is 1.22. The van der Waals surface area contributed by atoms with Gasteiger partial charge in [-0.15, -0.1) is 0 Å². The van der Waals surface area contributed by atoms with E-state index in [-0.39, 0.29) is 0 Å². The molecule has 0 bridgehead atoms. The molecule has 0 N–H and O–H groups in total. The molecule has 224 valence electrons. The molecule has 0 aliphatic heterocycles. The highest BCUT2D eigenvalue weighted by molar-refractivity contribution is 6.20. The summed E-state index contributed by atoms with van der Waals surface area (Å²) in [6.07, 6.45) is 0. The van der Waals surface area contributed by atoms with Crippen LogP contribution in [0.1, 0.15) is 0 Å². The molecule has 0 saturated heterocycles. The van der Waals surface area contributed by atoms with E-state index in [9.17, 15) is 0 Å². The maximum atomic E-state index is 5.08. The molecule has 0 aliphatic rings. The number of benzene rings is 8. The third-order valence-corrected chi connectivity index (χ3v) is 9.10. The van der Waals surface area contributed by atoms with E-state index >= 15 is 0 Å². The predicted molar refractivity (Wildman–Crippen MR) is 200 cm³/mol. The first kappa shape index (κ1) is 27.8. The van der Waals surface area contributed by atoms with Crippen LogP contribution in [0.2, 0.25) is 0 Å². The average Bonchev–Trinajstić information content (AvgIpc) is 3.17. The van der Waals surface area contributed by atoms with Crippen molar-refractivity contribution < 1.29 is 0 Å². The van der Waals surface area contributed by atoms with Crippen molar-refractivity contribution in [1.82, 2.24) is 15.0 Å². The highest BCUT2D eigenvalue weighted by atomic mass is 15.0. The molecule has 3 heteroatoms. The Hall–Kier alpha value is -6.45. The quantitative estimate of drug-likeness (QED) is 0.144. The Morgan fingerprint density at radius 2 is 0.750 bits per heavy atom. The molecule has 0 spiro atoms. The zero-order valence-corrected chi connectivity index (χ0v) is 26.1. The molecule has 1 aromatic heterocycles. The van der Waals surface area contributed by atoms with Gasteiger partial charge >= 0.3 is 0 Å². The van der Waals surface area contributed by atoms with Gasteiger partial charge in [-0.2, -0.15) is 0 Å². The minimum atomic E-state index is 0.642. The van der Waals surface area contributed by atoms with Gasteiger partial charge in [0.25, 0.3) is 0 Å². The first-order valence-electron chi connectivity index (χ1n) is 16.2. The maximum absolute atomic E-state index is 5.08. The Labute approximate surface area is 278 Å². The van der Waals surface area contributed by atoms with Crippen molar-refractivity contribution in [2.24, 2.45) is 0 Å². The zero-order chi connectivity index (χ0) is 31.9. The Bertz CT molecular complexity index is 2590. The molecule has 9 rings (SSSR count). The fourth-order valence-electron chi connectivity index (χ4n) is 6.74. The van der Waals surface area contributed by atoms with E-state index in [1.165, 1.54) is 43.4 Å². The molecule has 0 unspecified atom stereocenters. The molecule has 8 aromatic carbocycles. The topological polar surface area (TPSA) is 38.7 Å². The number of hydrogen-bond acceptors (Lipinski definition) is 3. The summed E-state index contributed by atoms with van der Waals surface area (Å²) in [6, 6.07) is 61.7. The highest BCUT2D eigenvalue weighted by Gasteiger charge is 2.16. The van der Waals surface area contributed by atoms with Gasteiger partial charge in [-0.05, 0) is 66.7 Å². The van der Waals surface area contributed by atoms with E-state index in [0.717, 1.165) is 27.8 Å². The van der Waals surface area contributed by atoms with Gasteiger partial charge in [-0.1, -0.05) is 164 Å². The second-order valence-electron chi connectivity index (χ2n) is 12.1. The fraction of sp³-hybridized carbons (Fsp3) is 0. The van der Waals surface area contributed by atoms with E-state index < -0.39 is 0 Å². The van der Waals surface area contributed by atoms with Gasteiger partial charge in [-0.25, -0.2) is 15.0 Å². The monoisotopic (exact) mass is 611 g/mol. The van der Waals surface area contributed by atoms with Crippen molar-refractivity contribution in [1.29, 1.82) is 0 Å². The van der Waals surface area contributed by atoms with Gasteiger partial charge in [-0.3, -0.25) is 0 Å². The minimum absolute atomic E-state index is 0.642. The molecule has 0 atom stereocenters. The average molecular weight is 612 g/mol. The molecule has 1 heterocycles. The van der Waals surface area contributed by atoms with Gasteiger partial charge in [0, 0.05) is 16.7 Å². The molecule has 0 aliphatic carbocycles. The van der Waals surface area contributed by atoms with Gasteiger partial charge in [0.2, 0.25) is 0 Å². The number of nitrogens with zero attached hydrogens (tertiary/aromatic N) is 3. The van der Waals surface area contributed by atoms with E-state index in [0.29, 0.717) is 17.5 Å². The van der Waals surface area contributed by atoms with Crippen molar-refractivity contribution in [3.63, 3.8) is 0 Å². The van der Waals surface area contributed by atoms with Gasteiger partial charge in [0.05, 0.1) is 0 Å². The summed E-state index contributed by atoms with van der Waals surface area (Å²) < 4.78 is 0. The van der Waals surface area contributed by atoms with Crippen LogP contribution in [0.15, 0.2) is 176 Å². The molecular formula is C45H29N3. The number of aromatic nitrogens is 3. The third-order valence-electron chi connectivity index (χ3n) is 9.10. The summed E-state index contributed by atoms with van der Waals surface area (Å²) in [7, 11) is 0. The van der Waals surface area contributed by atoms with E-state index in [2.05, 4.69) is 140 Å². The molecule has 9 aromatic rings. The smallest absolute Gasteiger partial charge is 0.164 e. The lowest BCUT2D eigenvalue weighted by atomic mass is 9.89. The van der Waals surface area contributed by atoms with Crippen LogP contribution < -0.4 is 0 Å². The zero-order valence-electron chi connectivity index (χ0n) is 26.1. The first-order valence-corrected chi connectivity index (χ1v) is 16.2. The lowest BCUT2D eigenvalue weighted by Gasteiger charge is -2.15. The van der Waals surface area contributed by atoms with Crippen molar-refractivity contribution in [3.05, 3.63) is 176 Å². The predicted octanol–water partition coefficient (Wildman–Crippen LogP) is 11.7. The number of hydrogen-bond donors (Lipinski definition) is 0. The summed E-state index contributed by atoms with van der Waals surface area (Å²) in [5.41, 5.74) is 7.50. The van der Waals surface area contributed by atoms with Crippen LogP contribution in [-0.2, 0) is 0 Å². The summed E-state index contributed by atoms with van der Waals surface area (Å²) in [4.78, 5) is 15.1. The van der Waals surface area contributed by atoms with Crippen LogP contribution in [-0.4, -0.2) is 15.0 Å². The van der Waals surface area contributed by atoms with Crippen molar-refractivity contribution in [2.45, 2.75) is 0 Å². The lowest BCUT2D eigenvalue weighted by Crippen LogP contribution is -2.00. The SMILES string of the molecule is c1ccc(-c2ccc(-c3nc(-c4ccccc4)nc(-c4cccc(-c5c6ccccc6cc6c5ccc5ccccc56)c4)n3)cc2)cc1. The molecule has 0 saturated carbocycles. The van der Waals surface area contributed by atoms with Crippen LogP contribution >= 0.6 is 0 Å². The van der Waals surface area contributed by atoms with Gasteiger partial charge < -0.3 is 0 Å². The molecule has 0 amide bonds. The Kier molecular flexibility index (Phi) is 6.80. The molecule has 0 radical (unpaired) electrons. The molecule has 48 heavy (non-hydrogen) atoms. The van der Waals surface area contributed by atoms with Crippen LogP contribution in [0.25, 0.3) is 88.7 Å². The number of fused-ring (bicyclic) bond motifs is 4. The molecular weight excluding hydrogens is 583 g/mol. The molecule has 3 nitrogen and oxygen atoms in total. The largest absolute Gasteiger partial charge is 0.208 e. The van der Waals surface area contributed by atoms with Crippen molar-refractivity contribution in [2.75, 3.05) is 0 Å². The van der Waals surface area contributed by atoms with E-state index in [1.807, 2.05) is 36.4 Å². The van der Waals surface area contributed by atoms with Crippen LogP contribution in [0.5, 0.6) is 0 Å². The number of rotatable bonds is 5. The van der Waals surface area contributed by atoms with Crippen LogP contribution in [0, 0.1) is 0 Å². The minimum Gasteiger partial charge on any atom is -0.208 e. The summed E-state index contributed by atoms with van der Waals surface area (Å²) in [5, 5.41) is 7.41. The van der Waals surface area contributed by atoms with E-state index in [1.54, 1.807) is 0 Å². The Morgan fingerprint density at radius 1 is 0.250 bits per heavy atom. The molecule has 0 fully saturated rings. The van der Waals surface area contributed by atoms with Gasteiger partial charge in [0.15, 0.2) is 17.5 Å².